The van der Waals surface area contributed by atoms with Crippen LogP contribution in [0, 0.1) is 0 Å². The molecule has 0 aromatic carbocycles. The first-order valence-corrected chi connectivity index (χ1v) is 5.79. The molecule has 1 aromatic heterocycles. The first kappa shape index (κ1) is 9.80. The maximum absolute atomic E-state index is 11.9. The predicted molar refractivity (Wildman–Crippen MR) is 56.2 cm³/mol. The molecule has 1 heterocycles. The average Bonchev–Trinajstić information content (AvgIpc) is 2.76. The summed E-state index contributed by atoms with van der Waals surface area (Å²) in [5.41, 5.74) is 5.50. The summed E-state index contributed by atoms with van der Waals surface area (Å²) in [6.45, 7) is 0. The van der Waals surface area contributed by atoms with Gasteiger partial charge in [0.05, 0.1) is 17.0 Å². The van der Waals surface area contributed by atoms with E-state index in [0.717, 1.165) is 30.7 Å². The Balaban J connectivity index is 2.02. The molecule has 0 spiro atoms. The normalized spacial score (nSPS) is 19.8. The van der Waals surface area contributed by atoms with Gasteiger partial charge in [-0.15, -0.1) is 11.3 Å². The minimum absolute atomic E-state index is 0.157. The fourth-order valence-electron chi connectivity index (χ4n) is 1.94. The van der Waals surface area contributed by atoms with Crippen molar-refractivity contribution < 1.29 is 4.79 Å². The number of carbonyl (C=O) groups is 1. The molecular formula is C10H14N2OS. The van der Waals surface area contributed by atoms with Gasteiger partial charge in [0, 0.05) is 11.6 Å². The number of hydrogen-bond donors (Lipinski definition) is 1. The minimum Gasteiger partial charge on any atom is -0.319 e. The molecule has 3 nitrogen and oxygen atoms in total. The second-order valence-corrected chi connectivity index (χ2v) is 4.87. The van der Waals surface area contributed by atoms with Crippen LogP contribution >= 0.6 is 11.3 Å². The maximum Gasteiger partial charge on any atom is 0.159 e. The number of rotatable bonds is 3. The molecule has 0 aliphatic heterocycles. The van der Waals surface area contributed by atoms with E-state index in [1.54, 1.807) is 6.20 Å². The number of Topliss-reactive ketones (excluding diaryl/α,β-unsaturated/α-hetero) is 1. The van der Waals surface area contributed by atoms with Gasteiger partial charge in [-0.25, -0.2) is 4.98 Å². The lowest BCUT2D eigenvalue weighted by atomic mass is 9.91. The molecule has 2 N–H and O–H groups in total. The summed E-state index contributed by atoms with van der Waals surface area (Å²) in [7, 11) is 0. The molecule has 0 radical (unpaired) electrons. The van der Waals surface area contributed by atoms with Crippen LogP contribution in [0.15, 0.2) is 11.6 Å². The molecule has 1 aromatic rings. The van der Waals surface area contributed by atoms with E-state index in [-0.39, 0.29) is 5.78 Å². The Labute approximate surface area is 87.3 Å². The van der Waals surface area contributed by atoms with Crippen LogP contribution in [0.25, 0.3) is 0 Å². The molecule has 14 heavy (non-hydrogen) atoms. The van der Waals surface area contributed by atoms with E-state index in [0.29, 0.717) is 6.42 Å². The van der Waals surface area contributed by atoms with Crippen LogP contribution < -0.4 is 5.73 Å². The van der Waals surface area contributed by atoms with Gasteiger partial charge >= 0.3 is 0 Å². The number of aromatic nitrogens is 1. The molecule has 1 aliphatic carbocycles. The molecule has 1 aliphatic rings. The summed E-state index contributed by atoms with van der Waals surface area (Å²) < 4.78 is 0. The lowest BCUT2D eigenvalue weighted by molar-refractivity contribution is -0.123. The second kappa shape index (κ2) is 3.79. The fraction of sp³-hybridized carbons (Fsp3) is 0.600. The Bertz CT molecular complexity index is 315. The van der Waals surface area contributed by atoms with Gasteiger partial charge in [-0.2, -0.15) is 0 Å². The van der Waals surface area contributed by atoms with Gasteiger partial charge in [-0.1, -0.05) is 12.8 Å². The minimum atomic E-state index is -0.550. The van der Waals surface area contributed by atoms with E-state index in [2.05, 4.69) is 4.98 Å². The quantitative estimate of drug-likeness (QED) is 0.823. The van der Waals surface area contributed by atoms with E-state index in [1.807, 2.05) is 5.38 Å². The molecule has 4 heteroatoms. The standard InChI is InChI=1S/C10H14N2OS/c11-10(3-1-2-4-10)8(13)7-9-12-5-6-14-9/h5-6H,1-4,7,11H2. The number of thiazole rings is 1. The first-order chi connectivity index (χ1) is 6.71. The zero-order valence-electron chi connectivity index (χ0n) is 8.03. The summed E-state index contributed by atoms with van der Waals surface area (Å²) in [4.78, 5) is 16.0. The van der Waals surface area contributed by atoms with Crippen LogP contribution in [-0.2, 0) is 11.2 Å². The van der Waals surface area contributed by atoms with Crippen molar-refractivity contribution in [2.24, 2.45) is 5.73 Å². The summed E-state index contributed by atoms with van der Waals surface area (Å²) in [6.07, 6.45) is 5.99. The van der Waals surface area contributed by atoms with E-state index >= 15 is 0 Å². The van der Waals surface area contributed by atoms with Gasteiger partial charge in [-0.05, 0) is 12.8 Å². The smallest absolute Gasteiger partial charge is 0.159 e. The number of nitrogens with two attached hydrogens (primary N) is 1. The molecule has 1 fully saturated rings. The van der Waals surface area contributed by atoms with Crippen molar-refractivity contribution in [3.8, 4) is 0 Å². The summed E-state index contributed by atoms with van der Waals surface area (Å²) in [5, 5.41) is 2.77. The Morgan fingerprint density at radius 2 is 2.29 bits per heavy atom. The first-order valence-electron chi connectivity index (χ1n) is 4.91. The Morgan fingerprint density at radius 3 is 2.86 bits per heavy atom. The molecule has 1 saturated carbocycles. The zero-order valence-corrected chi connectivity index (χ0v) is 8.85. The van der Waals surface area contributed by atoms with Gasteiger partial charge in [0.1, 0.15) is 0 Å². The molecule has 0 amide bonds. The van der Waals surface area contributed by atoms with Crippen molar-refractivity contribution in [2.45, 2.75) is 37.6 Å². The summed E-state index contributed by atoms with van der Waals surface area (Å²) in [6, 6.07) is 0. The Morgan fingerprint density at radius 1 is 1.57 bits per heavy atom. The largest absolute Gasteiger partial charge is 0.319 e. The number of carbonyl (C=O) groups excluding carboxylic acids is 1. The average molecular weight is 210 g/mol. The molecule has 0 unspecified atom stereocenters. The van der Waals surface area contributed by atoms with Crippen LogP contribution in [-0.4, -0.2) is 16.3 Å². The van der Waals surface area contributed by atoms with Crippen LogP contribution in [0.2, 0.25) is 0 Å². The third kappa shape index (κ3) is 1.86. The van der Waals surface area contributed by atoms with E-state index < -0.39 is 5.54 Å². The van der Waals surface area contributed by atoms with Crippen LogP contribution in [0.5, 0.6) is 0 Å². The SMILES string of the molecule is NC1(C(=O)Cc2nccs2)CCCC1. The molecular weight excluding hydrogens is 196 g/mol. The van der Waals surface area contributed by atoms with Crippen LogP contribution in [0.3, 0.4) is 0 Å². The number of ketones is 1. The third-order valence-electron chi connectivity index (χ3n) is 2.85. The van der Waals surface area contributed by atoms with E-state index in [9.17, 15) is 4.79 Å². The zero-order chi connectivity index (χ0) is 10.0. The summed E-state index contributed by atoms with van der Waals surface area (Å²) in [5.74, 6) is 0.157. The van der Waals surface area contributed by atoms with Gasteiger partial charge in [0.25, 0.3) is 0 Å². The van der Waals surface area contributed by atoms with Crippen molar-refractivity contribution >= 4 is 17.1 Å². The monoisotopic (exact) mass is 210 g/mol. The van der Waals surface area contributed by atoms with Gasteiger partial charge in [0.2, 0.25) is 0 Å². The van der Waals surface area contributed by atoms with Crippen molar-refractivity contribution in [3.63, 3.8) is 0 Å². The molecule has 0 bridgehead atoms. The van der Waals surface area contributed by atoms with Crippen LogP contribution in [0.1, 0.15) is 30.7 Å². The summed E-state index contributed by atoms with van der Waals surface area (Å²) >= 11 is 1.52. The predicted octanol–water partition coefficient (Wildman–Crippen LogP) is 1.53. The highest BCUT2D eigenvalue weighted by molar-refractivity contribution is 7.09. The van der Waals surface area contributed by atoms with Gasteiger partial charge < -0.3 is 5.73 Å². The van der Waals surface area contributed by atoms with E-state index in [4.69, 9.17) is 5.73 Å². The molecule has 0 atom stereocenters. The van der Waals surface area contributed by atoms with Crippen molar-refractivity contribution in [1.29, 1.82) is 0 Å². The molecule has 0 saturated heterocycles. The highest BCUT2D eigenvalue weighted by atomic mass is 32.1. The van der Waals surface area contributed by atoms with Crippen LogP contribution in [0.4, 0.5) is 0 Å². The second-order valence-electron chi connectivity index (χ2n) is 3.89. The highest BCUT2D eigenvalue weighted by Crippen LogP contribution is 2.29. The lowest BCUT2D eigenvalue weighted by Gasteiger charge is -2.20. The van der Waals surface area contributed by atoms with Crippen molar-refractivity contribution in [3.05, 3.63) is 16.6 Å². The van der Waals surface area contributed by atoms with E-state index in [1.165, 1.54) is 11.3 Å². The number of nitrogens with zero attached hydrogens (tertiary/aromatic N) is 1. The Kier molecular flexibility index (Phi) is 2.65. The number of hydrogen-bond acceptors (Lipinski definition) is 4. The molecule has 2 rings (SSSR count). The van der Waals surface area contributed by atoms with Crippen molar-refractivity contribution in [1.82, 2.24) is 4.98 Å². The Hall–Kier alpha value is -0.740. The van der Waals surface area contributed by atoms with Gasteiger partial charge in [-0.3, -0.25) is 4.79 Å². The van der Waals surface area contributed by atoms with Gasteiger partial charge in [0.15, 0.2) is 5.78 Å². The topological polar surface area (TPSA) is 56.0 Å². The lowest BCUT2D eigenvalue weighted by Crippen LogP contribution is -2.46. The maximum atomic E-state index is 11.9. The fourth-order valence-corrected chi connectivity index (χ4v) is 2.55. The third-order valence-corrected chi connectivity index (χ3v) is 3.63. The molecule has 76 valence electrons. The highest BCUT2D eigenvalue weighted by Gasteiger charge is 2.36. The van der Waals surface area contributed by atoms with Crippen molar-refractivity contribution in [2.75, 3.05) is 0 Å².